The highest BCUT2D eigenvalue weighted by Crippen LogP contribution is 2.19. The van der Waals surface area contributed by atoms with E-state index in [4.69, 9.17) is 0 Å². The summed E-state index contributed by atoms with van der Waals surface area (Å²) in [4.78, 5) is 41.3. The van der Waals surface area contributed by atoms with Crippen molar-refractivity contribution in [1.82, 2.24) is 9.80 Å². The van der Waals surface area contributed by atoms with Crippen molar-refractivity contribution in [3.8, 4) is 0 Å². The summed E-state index contributed by atoms with van der Waals surface area (Å²) in [6.45, 7) is 4.99. The predicted octanol–water partition coefficient (Wildman–Crippen LogP) is 2.92. The fourth-order valence-corrected chi connectivity index (χ4v) is 3.24. The molecule has 2 aromatic rings. The van der Waals surface area contributed by atoms with Crippen molar-refractivity contribution in [3.05, 3.63) is 57.8 Å². The molecule has 0 saturated carbocycles. The van der Waals surface area contributed by atoms with Crippen LogP contribution in [-0.4, -0.2) is 54.1 Å². The zero-order valence-electron chi connectivity index (χ0n) is 14.7. The number of thiophene rings is 1. The molecule has 132 valence electrons. The highest BCUT2D eigenvalue weighted by Gasteiger charge is 2.23. The van der Waals surface area contributed by atoms with Gasteiger partial charge in [0, 0.05) is 25.7 Å². The lowest BCUT2D eigenvalue weighted by Gasteiger charge is -2.23. The van der Waals surface area contributed by atoms with E-state index < -0.39 is 0 Å². The first-order chi connectivity index (χ1) is 12.0. The topological polar surface area (TPSA) is 57.7 Å². The molecule has 0 aliphatic carbocycles. The number of carbonyl (C=O) groups excluding carboxylic acids is 3. The van der Waals surface area contributed by atoms with E-state index in [-0.39, 0.29) is 24.1 Å². The largest absolute Gasteiger partial charge is 0.342 e. The highest BCUT2D eigenvalue weighted by molar-refractivity contribution is 7.12. The van der Waals surface area contributed by atoms with Gasteiger partial charge in [0.05, 0.1) is 17.0 Å². The number of benzene rings is 1. The standard InChI is InChI=1S/C19H22N2O3S/c1-4-21(5-2)17(22)13-20(3)19(24)15-10-7-6-9-14(15)18(23)16-11-8-12-25-16/h6-12H,4-5,13H2,1-3H3. The van der Waals surface area contributed by atoms with E-state index in [0.717, 1.165) is 0 Å². The minimum absolute atomic E-state index is 0.0119. The van der Waals surface area contributed by atoms with Crippen molar-refractivity contribution in [2.45, 2.75) is 13.8 Å². The van der Waals surface area contributed by atoms with Crippen LogP contribution in [0.25, 0.3) is 0 Å². The average molecular weight is 358 g/mol. The summed E-state index contributed by atoms with van der Waals surface area (Å²) in [5.74, 6) is -0.619. The molecule has 25 heavy (non-hydrogen) atoms. The minimum atomic E-state index is -0.332. The van der Waals surface area contributed by atoms with Gasteiger partial charge in [-0.15, -0.1) is 11.3 Å². The maximum absolute atomic E-state index is 12.8. The van der Waals surface area contributed by atoms with E-state index >= 15 is 0 Å². The second-order valence-electron chi connectivity index (χ2n) is 5.58. The molecule has 0 unspecified atom stereocenters. The van der Waals surface area contributed by atoms with Crippen molar-refractivity contribution in [2.75, 3.05) is 26.7 Å². The number of carbonyl (C=O) groups is 3. The van der Waals surface area contributed by atoms with Crippen molar-refractivity contribution < 1.29 is 14.4 Å². The number of hydrogen-bond donors (Lipinski definition) is 0. The normalized spacial score (nSPS) is 10.4. The Bertz CT molecular complexity index is 752. The van der Waals surface area contributed by atoms with Gasteiger partial charge in [0.1, 0.15) is 0 Å². The Morgan fingerprint density at radius 2 is 1.60 bits per heavy atom. The molecule has 2 rings (SSSR count). The molecule has 1 aromatic heterocycles. The third kappa shape index (κ3) is 4.33. The summed E-state index contributed by atoms with van der Waals surface area (Å²) < 4.78 is 0. The molecule has 0 fully saturated rings. The molecule has 2 amide bonds. The summed E-state index contributed by atoms with van der Waals surface area (Å²) in [6, 6.07) is 10.3. The highest BCUT2D eigenvalue weighted by atomic mass is 32.1. The quantitative estimate of drug-likeness (QED) is 0.715. The van der Waals surface area contributed by atoms with Crippen molar-refractivity contribution in [1.29, 1.82) is 0 Å². The second kappa shape index (κ2) is 8.58. The predicted molar refractivity (Wildman–Crippen MR) is 99.1 cm³/mol. The van der Waals surface area contributed by atoms with Crippen LogP contribution in [0.5, 0.6) is 0 Å². The minimum Gasteiger partial charge on any atom is -0.342 e. The van der Waals surface area contributed by atoms with Gasteiger partial charge in [0.25, 0.3) is 5.91 Å². The first-order valence-electron chi connectivity index (χ1n) is 8.20. The van der Waals surface area contributed by atoms with Gasteiger partial charge in [-0.2, -0.15) is 0 Å². The Morgan fingerprint density at radius 3 is 2.16 bits per heavy atom. The van der Waals surface area contributed by atoms with Gasteiger partial charge in [0.2, 0.25) is 11.7 Å². The van der Waals surface area contributed by atoms with Gasteiger partial charge in [-0.1, -0.05) is 24.3 Å². The van der Waals surface area contributed by atoms with E-state index in [1.807, 2.05) is 19.2 Å². The summed E-state index contributed by atoms with van der Waals surface area (Å²) in [5.41, 5.74) is 0.674. The molecule has 0 bridgehead atoms. The average Bonchev–Trinajstić information content (AvgIpc) is 3.16. The third-order valence-electron chi connectivity index (χ3n) is 3.98. The van der Waals surface area contributed by atoms with Gasteiger partial charge in [0.15, 0.2) is 0 Å². The maximum atomic E-state index is 12.8. The Labute approximate surface area is 151 Å². The monoisotopic (exact) mass is 358 g/mol. The number of ketones is 1. The lowest BCUT2D eigenvalue weighted by atomic mass is 10.0. The molecule has 0 spiro atoms. The molecular formula is C19H22N2O3S. The molecule has 1 heterocycles. The molecule has 5 nitrogen and oxygen atoms in total. The molecule has 0 radical (unpaired) electrons. The lowest BCUT2D eigenvalue weighted by Crippen LogP contribution is -2.41. The van der Waals surface area contributed by atoms with Crippen molar-refractivity contribution in [3.63, 3.8) is 0 Å². The first-order valence-corrected chi connectivity index (χ1v) is 9.08. The molecule has 0 N–H and O–H groups in total. The summed E-state index contributed by atoms with van der Waals surface area (Å²) >= 11 is 1.34. The zero-order valence-corrected chi connectivity index (χ0v) is 15.5. The Hall–Kier alpha value is -2.47. The summed E-state index contributed by atoms with van der Waals surface area (Å²) in [7, 11) is 1.58. The van der Waals surface area contributed by atoms with E-state index in [1.54, 1.807) is 48.3 Å². The van der Waals surface area contributed by atoms with Gasteiger partial charge < -0.3 is 9.80 Å². The third-order valence-corrected chi connectivity index (χ3v) is 4.85. The Morgan fingerprint density at radius 1 is 0.960 bits per heavy atom. The van der Waals surface area contributed by atoms with Crippen LogP contribution in [0, 0.1) is 0 Å². The molecule has 0 aliphatic heterocycles. The first kappa shape index (κ1) is 18.9. The zero-order chi connectivity index (χ0) is 18.4. The van der Waals surface area contributed by atoms with Crippen LogP contribution in [0.15, 0.2) is 41.8 Å². The number of rotatable bonds is 7. The van der Waals surface area contributed by atoms with Crippen LogP contribution in [0.1, 0.15) is 39.4 Å². The smallest absolute Gasteiger partial charge is 0.254 e. The second-order valence-corrected chi connectivity index (χ2v) is 6.53. The van der Waals surface area contributed by atoms with Crippen LogP contribution < -0.4 is 0 Å². The summed E-state index contributed by atoms with van der Waals surface area (Å²) in [5, 5.41) is 1.83. The van der Waals surface area contributed by atoms with Crippen LogP contribution in [0.3, 0.4) is 0 Å². The van der Waals surface area contributed by atoms with Gasteiger partial charge in [-0.3, -0.25) is 14.4 Å². The molecule has 0 aliphatic rings. The van der Waals surface area contributed by atoms with E-state index in [1.165, 1.54) is 16.2 Å². The fraction of sp³-hybridized carbons (Fsp3) is 0.316. The SMILES string of the molecule is CCN(CC)C(=O)CN(C)C(=O)c1ccccc1C(=O)c1cccs1. The molecule has 0 atom stereocenters. The molecular weight excluding hydrogens is 336 g/mol. The van der Waals surface area contributed by atoms with E-state index in [2.05, 4.69) is 0 Å². The van der Waals surface area contributed by atoms with Gasteiger partial charge in [-0.05, 0) is 31.4 Å². The van der Waals surface area contributed by atoms with Gasteiger partial charge in [-0.25, -0.2) is 0 Å². The van der Waals surface area contributed by atoms with E-state index in [0.29, 0.717) is 29.1 Å². The number of likely N-dealkylation sites (N-methyl/N-ethyl adjacent to an activating group) is 2. The number of amides is 2. The van der Waals surface area contributed by atoms with Crippen molar-refractivity contribution >= 4 is 28.9 Å². The van der Waals surface area contributed by atoms with Gasteiger partial charge >= 0.3 is 0 Å². The molecule has 0 saturated heterocycles. The van der Waals surface area contributed by atoms with Crippen molar-refractivity contribution in [2.24, 2.45) is 0 Å². The summed E-state index contributed by atoms with van der Waals surface area (Å²) in [6.07, 6.45) is 0. The van der Waals surface area contributed by atoms with Crippen LogP contribution in [0.4, 0.5) is 0 Å². The Balaban J connectivity index is 2.22. The lowest BCUT2D eigenvalue weighted by molar-refractivity contribution is -0.131. The molecule has 1 aromatic carbocycles. The van der Waals surface area contributed by atoms with Crippen LogP contribution in [0.2, 0.25) is 0 Å². The number of nitrogens with zero attached hydrogens (tertiary/aromatic N) is 2. The molecule has 6 heteroatoms. The van der Waals surface area contributed by atoms with Crippen LogP contribution >= 0.6 is 11.3 Å². The van der Waals surface area contributed by atoms with Crippen LogP contribution in [-0.2, 0) is 4.79 Å². The number of hydrogen-bond acceptors (Lipinski definition) is 4. The Kier molecular flexibility index (Phi) is 6.47. The maximum Gasteiger partial charge on any atom is 0.254 e. The fourth-order valence-electron chi connectivity index (χ4n) is 2.56. The van der Waals surface area contributed by atoms with E-state index in [9.17, 15) is 14.4 Å².